The van der Waals surface area contributed by atoms with Crippen LogP contribution in [0.5, 0.6) is 0 Å². The van der Waals surface area contributed by atoms with Gasteiger partial charge in [0.25, 0.3) is 5.91 Å². The first-order valence-electron chi connectivity index (χ1n) is 6.33. The zero-order valence-corrected chi connectivity index (χ0v) is 12.0. The molecule has 0 unspecified atom stereocenters. The molecule has 106 valence electrons. The van der Waals surface area contributed by atoms with Crippen LogP contribution in [-0.2, 0) is 9.59 Å². The SMILES string of the molecule is CC(=O)C1=C(O)C(=O)N(C)[C@H]1c1ccc(N(C)C)cc1. The lowest BCUT2D eigenvalue weighted by Crippen LogP contribution is -2.26. The van der Waals surface area contributed by atoms with Gasteiger partial charge in [0.1, 0.15) is 0 Å². The molecule has 20 heavy (non-hydrogen) atoms. The van der Waals surface area contributed by atoms with Gasteiger partial charge in [0, 0.05) is 26.8 Å². The topological polar surface area (TPSA) is 60.9 Å². The van der Waals surface area contributed by atoms with E-state index in [1.54, 1.807) is 7.05 Å². The maximum atomic E-state index is 11.8. The molecular formula is C15H18N2O3. The first kappa shape index (κ1) is 14.1. The minimum absolute atomic E-state index is 0.162. The molecule has 0 aliphatic carbocycles. The maximum Gasteiger partial charge on any atom is 0.289 e. The average Bonchev–Trinajstić information content (AvgIpc) is 2.63. The third kappa shape index (κ3) is 2.15. The fourth-order valence-electron chi connectivity index (χ4n) is 2.43. The first-order valence-corrected chi connectivity index (χ1v) is 6.33. The summed E-state index contributed by atoms with van der Waals surface area (Å²) in [6.07, 6.45) is 0. The van der Waals surface area contributed by atoms with Crippen LogP contribution < -0.4 is 4.90 Å². The van der Waals surface area contributed by atoms with Crippen LogP contribution in [0.3, 0.4) is 0 Å². The summed E-state index contributed by atoms with van der Waals surface area (Å²) in [5, 5.41) is 9.83. The Hall–Kier alpha value is -2.30. The van der Waals surface area contributed by atoms with Crippen LogP contribution in [0.15, 0.2) is 35.6 Å². The van der Waals surface area contributed by atoms with Crippen LogP contribution in [0, 0.1) is 0 Å². The summed E-state index contributed by atoms with van der Waals surface area (Å²) in [6, 6.07) is 7.05. The third-order valence-corrected chi connectivity index (χ3v) is 3.54. The van der Waals surface area contributed by atoms with Crippen LogP contribution in [0.25, 0.3) is 0 Å². The second-order valence-electron chi connectivity index (χ2n) is 5.12. The van der Waals surface area contributed by atoms with Gasteiger partial charge in [-0.2, -0.15) is 0 Å². The molecular weight excluding hydrogens is 256 g/mol. The van der Waals surface area contributed by atoms with E-state index in [2.05, 4.69) is 0 Å². The highest BCUT2D eigenvalue weighted by molar-refractivity contribution is 6.07. The molecule has 1 aromatic carbocycles. The molecule has 0 saturated carbocycles. The largest absolute Gasteiger partial charge is 0.503 e. The molecule has 0 fully saturated rings. The standard InChI is InChI=1S/C15H18N2O3/c1-9(18)12-13(17(4)15(20)14(12)19)10-5-7-11(8-6-10)16(2)3/h5-8,13,19H,1-4H3/t13-/m0/s1. The maximum absolute atomic E-state index is 11.8. The zero-order chi connectivity index (χ0) is 15.0. The van der Waals surface area contributed by atoms with E-state index in [9.17, 15) is 14.7 Å². The summed E-state index contributed by atoms with van der Waals surface area (Å²) in [6.45, 7) is 1.36. The Morgan fingerprint density at radius 2 is 1.80 bits per heavy atom. The van der Waals surface area contributed by atoms with Crippen LogP contribution in [0.4, 0.5) is 5.69 Å². The number of Topliss-reactive ketones (excluding diaryl/α,β-unsaturated/α-hetero) is 1. The second-order valence-corrected chi connectivity index (χ2v) is 5.12. The van der Waals surface area contributed by atoms with Crippen molar-refractivity contribution < 1.29 is 14.7 Å². The van der Waals surface area contributed by atoms with Gasteiger partial charge in [0.2, 0.25) is 0 Å². The number of aliphatic hydroxyl groups excluding tert-OH is 1. The predicted molar refractivity (Wildman–Crippen MR) is 76.6 cm³/mol. The van der Waals surface area contributed by atoms with E-state index >= 15 is 0 Å². The summed E-state index contributed by atoms with van der Waals surface area (Å²) in [5.41, 5.74) is 1.99. The normalized spacial score (nSPS) is 18.7. The molecule has 0 bridgehead atoms. The molecule has 5 heteroatoms. The van der Waals surface area contributed by atoms with Gasteiger partial charge in [-0.05, 0) is 24.6 Å². The van der Waals surface area contributed by atoms with Crippen molar-refractivity contribution in [2.45, 2.75) is 13.0 Å². The van der Waals surface area contributed by atoms with Crippen molar-refractivity contribution >= 4 is 17.4 Å². The highest BCUT2D eigenvalue weighted by Gasteiger charge is 2.40. The number of carbonyl (C=O) groups is 2. The van der Waals surface area contributed by atoms with Gasteiger partial charge in [0.15, 0.2) is 11.5 Å². The van der Waals surface area contributed by atoms with E-state index in [1.165, 1.54) is 11.8 Å². The second kappa shape index (κ2) is 5.00. The van der Waals surface area contributed by atoms with Gasteiger partial charge in [-0.25, -0.2) is 0 Å². The number of benzene rings is 1. The lowest BCUT2D eigenvalue weighted by molar-refractivity contribution is -0.128. The molecule has 0 radical (unpaired) electrons. The van der Waals surface area contributed by atoms with Gasteiger partial charge in [-0.15, -0.1) is 0 Å². The number of hydrogen-bond donors (Lipinski definition) is 1. The Morgan fingerprint density at radius 1 is 1.25 bits per heavy atom. The van der Waals surface area contributed by atoms with Crippen molar-refractivity contribution in [3.8, 4) is 0 Å². The average molecular weight is 274 g/mol. The smallest absolute Gasteiger partial charge is 0.289 e. The molecule has 1 aliphatic heterocycles. The van der Waals surface area contributed by atoms with E-state index in [4.69, 9.17) is 0 Å². The molecule has 1 atom stereocenters. The van der Waals surface area contributed by atoms with E-state index in [0.29, 0.717) is 0 Å². The molecule has 0 aromatic heterocycles. The van der Waals surface area contributed by atoms with E-state index in [1.807, 2.05) is 43.3 Å². The van der Waals surface area contributed by atoms with Crippen molar-refractivity contribution in [3.05, 3.63) is 41.2 Å². The monoisotopic (exact) mass is 274 g/mol. The number of amides is 1. The molecule has 5 nitrogen and oxygen atoms in total. The van der Waals surface area contributed by atoms with Gasteiger partial charge in [-0.3, -0.25) is 9.59 Å². The number of aliphatic hydroxyl groups is 1. The number of anilines is 1. The fourth-order valence-corrected chi connectivity index (χ4v) is 2.43. The van der Waals surface area contributed by atoms with Crippen molar-refractivity contribution in [1.29, 1.82) is 0 Å². The summed E-state index contributed by atoms with van der Waals surface area (Å²) < 4.78 is 0. The molecule has 1 aliphatic rings. The van der Waals surface area contributed by atoms with E-state index in [0.717, 1.165) is 11.3 Å². The van der Waals surface area contributed by atoms with Crippen molar-refractivity contribution in [1.82, 2.24) is 4.90 Å². The molecule has 0 saturated heterocycles. The Morgan fingerprint density at radius 3 is 2.25 bits per heavy atom. The number of ketones is 1. The zero-order valence-electron chi connectivity index (χ0n) is 12.0. The molecule has 1 aromatic rings. The first-order chi connectivity index (χ1) is 9.34. The van der Waals surface area contributed by atoms with Gasteiger partial charge in [0.05, 0.1) is 11.6 Å². The number of rotatable bonds is 3. The number of carbonyl (C=O) groups excluding carboxylic acids is 2. The van der Waals surface area contributed by atoms with Crippen molar-refractivity contribution in [3.63, 3.8) is 0 Å². The lowest BCUT2D eigenvalue weighted by atomic mass is 9.97. The molecule has 0 spiro atoms. The lowest BCUT2D eigenvalue weighted by Gasteiger charge is -2.23. The Labute approximate surface area is 118 Å². The Balaban J connectivity index is 2.45. The number of hydrogen-bond acceptors (Lipinski definition) is 4. The van der Waals surface area contributed by atoms with Gasteiger partial charge in [-0.1, -0.05) is 12.1 Å². The van der Waals surface area contributed by atoms with Crippen LogP contribution in [0.1, 0.15) is 18.5 Å². The summed E-state index contributed by atoms with van der Waals surface area (Å²) in [4.78, 5) is 26.9. The summed E-state index contributed by atoms with van der Waals surface area (Å²) in [7, 11) is 5.46. The third-order valence-electron chi connectivity index (χ3n) is 3.54. The summed E-state index contributed by atoms with van der Waals surface area (Å²) >= 11 is 0. The minimum Gasteiger partial charge on any atom is -0.503 e. The number of likely N-dealkylation sites (N-methyl/N-ethyl adjacent to an activating group) is 1. The van der Waals surface area contributed by atoms with Crippen molar-refractivity contribution in [2.24, 2.45) is 0 Å². The van der Waals surface area contributed by atoms with Crippen LogP contribution in [-0.4, -0.2) is 42.8 Å². The van der Waals surface area contributed by atoms with Gasteiger partial charge >= 0.3 is 0 Å². The molecule has 1 heterocycles. The van der Waals surface area contributed by atoms with Crippen molar-refractivity contribution in [2.75, 3.05) is 26.0 Å². The Kier molecular flexibility index (Phi) is 3.53. The molecule has 1 amide bonds. The minimum atomic E-state index is -0.517. The van der Waals surface area contributed by atoms with E-state index < -0.39 is 17.7 Å². The number of nitrogens with zero attached hydrogens (tertiary/aromatic N) is 2. The highest BCUT2D eigenvalue weighted by Crippen LogP contribution is 2.36. The quantitative estimate of drug-likeness (QED) is 0.910. The van der Waals surface area contributed by atoms with Gasteiger partial charge < -0.3 is 14.9 Å². The highest BCUT2D eigenvalue weighted by atomic mass is 16.3. The molecule has 1 N–H and O–H groups in total. The van der Waals surface area contributed by atoms with E-state index in [-0.39, 0.29) is 11.4 Å². The Bertz CT molecular complexity index is 588. The van der Waals surface area contributed by atoms with Crippen LogP contribution in [0.2, 0.25) is 0 Å². The predicted octanol–water partition coefficient (Wildman–Crippen LogP) is 1.67. The fraction of sp³-hybridized carbons (Fsp3) is 0.333. The summed E-state index contributed by atoms with van der Waals surface area (Å²) in [5.74, 6) is -1.25. The van der Waals surface area contributed by atoms with Crippen LogP contribution >= 0.6 is 0 Å². The molecule has 2 rings (SSSR count).